The van der Waals surface area contributed by atoms with Gasteiger partial charge >= 0.3 is 12.0 Å². The quantitative estimate of drug-likeness (QED) is 0.662. The number of aliphatic carboxylic acids is 1. The predicted molar refractivity (Wildman–Crippen MR) is 93.8 cm³/mol. The second kappa shape index (κ2) is 8.66. The Morgan fingerprint density at radius 2 is 2.16 bits per heavy atom. The van der Waals surface area contributed by atoms with Crippen LogP contribution >= 0.6 is 0 Å². The number of carboxylic acid groups (broad SMARTS) is 1. The standard InChI is InChI=1S/C17H26N4O4/c1-4-21(10-15(22)23)13-8-12(9-13)19-17(24)20-14-6-5-7-18-16(14)25-11(2)3/h5-7,11-13H,4,8-10H2,1-3H3,(H,22,23)(H2,19,20,24). The topological polar surface area (TPSA) is 104 Å². The Hall–Kier alpha value is -2.35. The normalized spacial score (nSPS) is 19.4. The summed E-state index contributed by atoms with van der Waals surface area (Å²) in [7, 11) is 0. The van der Waals surface area contributed by atoms with Crippen LogP contribution in [0.2, 0.25) is 0 Å². The van der Waals surface area contributed by atoms with E-state index in [1.54, 1.807) is 18.3 Å². The van der Waals surface area contributed by atoms with Crippen LogP contribution in [0.15, 0.2) is 18.3 Å². The van der Waals surface area contributed by atoms with Gasteiger partial charge < -0.3 is 20.5 Å². The number of ether oxygens (including phenoxy) is 1. The summed E-state index contributed by atoms with van der Waals surface area (Å²) in [5.74, 6) is -0.442. The van der Waals surface area contributed by atoms with Crippen molar-refractivity contribution < 1.29 is 19.4 Å². The zero-order chi connectivity index (χ0) is 18.4. The maximum atomic E-state index is 12.2. The number of carboxylic acids is 1. The lowest BCUT2D eigenvalue weighted by atomic mass is 9.85. The van der Waals surface area contributed by atoms with E-state index in [9.17, 15) is 9.59 Å². The number of nitrogens with one attached hydrogen (secondary N) is 2. The molecule has 0 bridgehead atoms. The Bertz CT molecular complexity index is 602. The molecule has 138 valence electrons. The molecule has 0 spiro atoms. The molecule has 1 aromatic heterocycles. The van der Waals surface area contributed by atoms with Gasteiger partial charge in [0.15, 0.2) is 0 Å². The number of nitrogens with zero attached hydrogens (tertiary/aromatic N) is 2. The third-order valence-corrected chi connectivity index (χ3v) is 4.08. The summed E-state index contributed by atoms with van der Waals surface area (Å²) in [4.78, 5) is 29.1. The van der Waals surface area contributed by atoms with Gasteiger partial charge in [-0.05, 0) is 45.4 Å². The zero-order valence-corrected chi connectivity index (χ0v) is 14.9. The molecule has 0 aliphatic heterocycles. The number of aromatic nitrogens is 1. The average molecular weight is 350 g/mol. The van der Waals surface area contributed by atoms with Crippen molar-refractivity contribution in [1.82, 2.24) is 15.2 Å². The van der Waals surface area contributed by atoms with Gasteiger partial charge in [0.1, 0.15) is 5.69 Å². The number of urea groups is 1. The number of carbonyl (C=O) groups excluding carboxylic acids is 1. The van der Waals surface area contributed by atoms with Gasteiger partial charge in [-0.2, -0.15) is 0 Å². The minimum Gasteiger partial charge on any atom is -0.480 e. The number of carbonyl (C=O) groups is 2. The van der Waals surface area contributed by atoms with Gasteiger partial charge in [0, 0.05) is 18.3 Å². The summed E-state index contributed by atoms with van der Waals surface area (Å²) in [5.41, 5.74) is 0.519. The van der Waals surface area contributed by atoms with Crippen molar-refractivity contribution in [3.8, 4) is 5.88 Å². The van der Waals surface area contributed by atoms with Crippen LogP contribution in [0.3, 0.4) is 0 Å². The van der Waals surface area contributed by atoms with Crippen molar-refractivity contribution in [3.63, 3.8) is 0 Å². The number of hydrogen-bond acceptors (Lipinski definition) is 5. The van der Waals surface area contributed by atoms with Crippen molar-refractivity contribution in [1.29, 1.82) is 0 Å². The van der Waals surface area contributed by atoms with Crippen molar-refractivity contribution in [2.45, 2.75) is 51.8 Å². The van der Waals surface area contributed by atoms with E-state index in [0.717, 1.165) is 12.8 Å². The van der Waals surface area contributed by atoms with E-state index in [4.69, 9.17) is 9.84 Å². The highest BCUT2D eigenvalue weighted by molar-refractivity contribution is 5.90. The number of hydrogen-bond donors (Lipinski definition) is 3. The Labute approximate surface area is 147 Å². The Kier molecular flexibility index (Phi) is 6.58. The predicted octanol–water partition coefficient (Wildman–Crippen LogP) is 1.93. The molecule has 8 nitrogen and oxygen atoms in total. The molecule has 1 fully saturated rings. The molecule has 0 atom stereocenters. The third-order valence-electron chi connectivity index (χ3n) is 4.08. The zero-order valence-electron chi connectivity index (χ0n) is 14.9. The van der Waals surface area contributed by atoms with E-state index in [1.165, 1.54) is 0 Å². The van der Waals surface area contributed by atoms with Crippen molar-refractivity contribution in [2.75, 3.05) is 18.4 Å². The second-order valence-electron chi connectivity index (χ2n) is 6.40. The van der Waals surface area contributed by atoms with Crippen LogP contribution in [0.25, 0.3) is 0 Å². The van der Waals surface area contributed by atoms with E-state index in [-0.39, 0.29) is 30.8 Å². The molecule has 2 rings (SSSR count). The summed E-state index contributed by atoms with van der Waals surface area (Å²) in [6, 6.07) is 3.39. The Balaban J connectivity index is 1.82. The second-order valence-corrected chi connectivity index (χ2v) is 6.40. The fraction of sp³-hybridized carbons (Fsp3) is 0.588. The summed E-state index contributed by atoms with van der Waals surface area (Å²) in [6.07, 6.45) is 3.06. The Morgan fingerprint density at radius 1 is 1.44 bits per heavy atom. The molecule has 0 radical (unpaired) electrons. The highest BCUT2D eigenvalue weighted by Gasteiger charge is 2.34. The van der Waals surface area contributed by atoms with Crippen LogP contribution in [0.5, 0.6) is 5.88 Å². The highest BCUT2D eigenvalue weighted by atomic mass is 16.5. The molecule has 1 aliphatic rings. The van der Waals surface area contributed by atoms with Gasteiger partial charge in [-0.1, -0.05) is 6.92 Å². The number of pyridine rings is 1. The summed E-state index contributed by atoms with van der Waals surface area (Å²) in [6.45, 7) is 6.44. The molecule has 1 aromatic rings. The van der Waals surface area contributed by atoms with E-state index >= 15 is 0 Å². The average Bonchev–Trinajstić information content (AvgIpc) is 2.49. The van der Waals surface area contributed by atoms with E-state index in [2.05, 4.69) is 15.6 Å². The van der Waals surface area contributed by atoms with Crippen LogP contribution in [0.1, 0.15) is 33.6 Å². The molecule has 0 saturated heterocycles. The van der Waals surface area contributed by atoms with E-state index in [0.29, 0.717) is 18.1 Å². The molecule has 3 N–H and O–H groups in total. The molecule has 0 aromatic carbocycles. The summed E-state index contributed by atoms with van der Waals surface area (Å²) in [5, 5.41) is 14.6. The largest absolute Gasteiger partial charge is 0.480 e. The lowest BCUT2D eigenvalue weighted by Gasteiger charge is -2.42. The van der Waals surface area contributed by atoms with Gasteiger partial charge in [0.05, 0.1) is 12.6 Å². The van der Waals surface area contributed by atoms with Crippen LogP contribution in [0.4, 0.5) is 10.5 Å². The first-order chi connectivity index (χ1) is 11.9. The molecular formula is C17H26N4O4. The van der Waals surface area contributed by atoms with E-state index < -0.39 is 5.97 Å². The molecule has 0 unspecified atom stereocenters. The van der Waals surface area contributed by atoms with Crippen molar-refractivity contribution in [3.05, 3.63) is 18.3 Å². The van der Waals surface area contributed by atoms with Crippen LogP contribution in [-0.2, 0) is 4.79 Å². The molecule has 1 aliphatic carbocycles. The van der Waals surface area contributed by atoms with Gasteiger partial charge in [-0.25, -0.2) is 9.78 Å². The SMILES string of the molecule is CCN(CC(=O)O)C1CC(NC(=O)Nc2cccnc2OC(C)C)C1. The van der Waals surface area contributed by atoms with E-state index in [1.807, 2.05) is 25.7 Å². The van der Waals surface area contributed by atoms with Crippen molar-refractivity contribution >= 4 is 17.7 Å². The Morgan fingerprint density at radius 3 is 2.76 bits per heavy atom. The summed E-state index contributed by atoms with van der Waals surface area (Å²) >= 11 is 0. The van der Waals surface area contributed by atoms with Crippen LogP contribution < -0.4 is 15.4 Å². The third kappa shape index (κ3) is 5.60. The fourth-order valence-electron chi connectivity index (χ4n) is 2.82. The first kappa shape index (κ1) is 19.0. The maximum Gasteiger partial charge on any atom is 0.319 e. The summed E-state index contributed by atoms with van der Waals surface area (Å²) < 4.78 is 5.58. The fourth-order valence-corrected chi connectivity index (χ4v) is 2.82. The maximum absolute atomic E-state index is 12.2. The molecule has 8 heteroatoms. The van der Waals surface area contributed by atoms with Gasteiger partial charge in [0.2, 0.25) is 5.88 Å². The minimum atomic E-state index is -0.828. The lowest BCUT2D eigenvalue weighted by Crippen LogP contribution is -2.55. The van der Waals surface area contributed by atoms with Crippen LogP contribution in [0, 0.1) is 0 Å². The first-order valence-electron chi connectivity index (χ1n) is 8.54. The number of amides is 2. The highest BCUT2D eigenvalue weighted by Crippen LogP contribution is 2.26. The van der Waals surface area contributed by atoms with Crippen LogP contribution in [-0.4, -0.2) is 58.3 Å². The van der Waals surface area contributed by atoms with Gasteiger partial charge in [0.25, 0.3) is 0 Å². The lowest BCUT2D eigenvalue weighted by molar-refractivity contribution is -0.139. The molecule has 1 saturated carbocycles. The monoisotopic (exact) mass is 350 g/mol. The number of anilines is 1. The molecule has 1 heterocycles. The molecular weight excluding hydrogens is 324 g/mol. The number of likely N-dealkylation sites (N-methyl/N-ethyl adjacent to an activating group) is 1. The van der Waals surface area contributed by atoms with Gasteiger partial charge in [-0.3, -0.25) is 9.69 Å². The smallest absolute Gasteiger partial charge is 0.319 e. The van der Waals surface area contributed by atoms with Gasteiger partial charge in [-0.15, -0.1) is 0 Å². The molecule has 25 heavy (non-hydrogen) atoms. The first-order valence-corrected chi connectivity index (χ1v) is 8.54. The number of rotatable bonds is 8. The molecule has 2 amide bonds. The van der Waals surface area contributed by atoms with Crippen molar-refractivity contribution in [2.24, 2.45) is 0 Å². The minimum absolute atomic E-state index is 0.0334.